The molecule has 7 heteroatoms. The molecule has 168 valence electrons. The van der Waals surface area contributed by atoms with Crippen molar-refractivity contribution >= 4 is 17.5 Å². The van der Waals surface area contributed by atoms with Crippen LogP contribution in [0.3, 0.4) is 0 Å². The molecule has 1 aliphatic heterocycles. The van der Waals surface area contributed by atoms with E-state index in [1.165, 1.54) is 0 Å². The number of hydrogen-bond acceptors (Lipinski definition) is 4. The number of aryl methyl sites for hydroxylation is 1. The van der Waals surface area contributed by atoms with Crippen LogP contribution in [0.2, 0.25) is 0 Å². The standard InChI is InChI=1S/C26H26N4O3/c1-29-23(18-22(28-29)21-9-3-4-10-24(21)33-2)26(32)27-16-7-8-19-12-14-20(15-13-19)30-17-6-5-11-25(30)31/h3-4,9-10,12-15,18H,5-6,11,16-17H2,1-2H3,(H,27,32). The van der Waals surface area contributed by atoms with E-state index in [0.29, 0.717) is 23.6 Å². The first-order valence-electron chi connectivity index (χ1n) is 10.9. The zero-order chi connectivity index (χ0) is 23.2. The third-order valence-electron chi connectivity index (χ3n) is 5.57. The molecule has 0 unspecified atom stereocenters. The van der Waals surface area contributed by atoms with Gasteiger partial charge in [0, 0.05) is 36.8 Å². The van der Waals surface area contributed by atoms with Crippen molar-refractivity contribution in [3.8, 4) is 28.8 Å². The summed E-state index contributed by atoms with van der Waals surface area (Å²) in [6.07, 6.45) is 2.60. The number of amides is 2. The molecule has 4 rings (SSSR count). The lowest BCUT2D eigenvalue weighted by Crippen LogP contribution is -2.35. The Bertz CT molecular complexity index is 1220. The molecule has 0 spiro atoms. The van der Waals surface area contributed by atoms with Crippen LogP contribution in [0.5, 0.6) is 5.75 Å². The molecule has 1 aromatic heterocycles. The van der Waals surface area contributed by atoms with Crippen LogP contribution in [0.25, 0.3) is 11.3 Å². The van der Waals surface area contributed by atoms with Crippen LogP contribution < -0.4 is 15.0 Å². The topological polar surface area (TPSA) is 76.5 Å². The van der Waals surface area contributed by atoms with E-state index in [0.717, 1.165) is 36.2 Å². The van der Waals surface area contributed by atoms with Gasteiger partial charge in [-0.1, -0.05) is 24.0 Å². The molecule has 1 fully saturated rings. The van der Waals surface area contributed by atoms with Gasteiger partial charge in [-0.05, 0) is 55.3 Å². The summed E-state index contributed by atoms with van der Waals surface area (Å²) < 4.78 is 6.94. The maximum Gasteiger partial charge on any atom is 0.270 e. The SMILES string of the molecule is COc1ccccc1-c1cc(C(=O)NCC#Cc2ccc(N3CCCCC3=O)cc2)n(C)n1. The van der Waals surface area contributed by atoms with Gasteiger partial charge >= 0.3 is 0 Å². The van der Waals surface area contributed by atoms with Crippen molar-refractivity contribution in [3.05, 3.63) is 65.9 Å². The number of carbonyl (C=O) groups excluding carboxylic acids is 2. The summed E-state index contributed by atoms with van der Waals surface area (Å²) in [5.74, 6) is 6.64. The van der Waals surface area contributed by atoms with Crippen LogP contribution in [0.15, 0.2) is 54.6 Å². The molecule has 1 aliphatic rings. The van der Waals surface area contributed by atoms with E-state index in [-0.39, 0.29) is 18.4 Å². The quantitative estimate of drug-likeness (QED) is 0.615. The van der Waals surface area contributed by atoms with Gasteiger partial charge < -0.3 is 15.0 Å². The summed E-state index contributed by atoms with van der Waals surface area (Å²) in [6.45, 7) is 0.975. The van der Waals surface area contributed by atoms with Crippen molar-refractivity contribution in [3.63, 3.8) is 0 Å². The second-order valence-corrected chi connectivity index (χ2v) is 7.77. The molecule has 0 saturated carbocycles. The first kappa shape index (κ1) is 22.2. The zero-order valence-electron chi connectivity index (χ0n) is 18.8. The Kier molecular flexibility index (Phi) is 6.75. The fourth-order valence-electron chi connectivity index (χ4n) is 3.83. The van der Waals surface area contributed by atoms with E-state index in [1.807, 2.05) is 53.4 Å². The Morgan fingerprint density at radius 3 is 2.70 bits per heavy atom. The first-order chi connectivity index (χ1) is 16.1. The lowest BCUT2D eigenvalue weighted by atomic mass is 10.1. The van der Waals surface area contributed by atoms with Gasteiger partial charge in [-0.2, -0.15) is 5.10 Å². The second-order valence-electron chi connectivity index (χ2n) is 7.77. The minimum absolute atomic E-state index is 0.173. The summed E-state index contributed by atoms with van der Waals surface area (Å²) in [6, 6.07) is 16.9. The average molecular weight is 443 g/mol. The number of nitrogens with zero attached hydrogens (tertiary/aromatic N) is 3. The fourth-order valence-corrected chi connectivity index (χ4v) is 3.83. The van der Waals surface area contributed by atoms with Crippen molar-refractivity contribution in [1.82, 2.24) is 15.1 Å². The molecule has 1 N–H and O–H groups in total. The van der Waals surface area contributed by atoms with Crippen LogP contribution in [-0.4, -0.2) is 41.8 Å². The number of aromatic nitrogens is 2. The third-order valence-corrected chi connectivity index (χ3v) is 5.57. The highest BCUT2D eigenvalue weighted by molar-refractivity contribution is 5.94. The summed E-state index contributed by atoms with van der Waals surface area (Å²) >= 11 is 0. The number of para-hydroxylation sites is 1. The summed E-state index contributed by atoms with van der Waals surface area (Å²) in [7, 11) is 3.34. The molecule has 2 aromatic carbocycles. The molecule has 7 nitrogen and oxygen atoms in total. The highest BCUT2D eigenvalue weighted by Crippen LogP contribution is 2.28. The molecule has 0 atom stereocenters. The highest BCUT2D eigenvalue weighted by Gasteiger charge is 2.19. The minimum Gasteiger partial charge on any atom is -0.496 e. The van der Waals surface area contributed by atoms with E-state index < -0.39 is 0 Å². The van der Waals surface area contributed by atoms with Gasteiger partial charge in [-0.3, -0.25) is 14.3 Å². The number of carbonyl (C=O) groups is 2. The number of piperidine rings is 1. The number of anilines is 1. The number of benzene rings is 2. The van der Waals surface area contributed by atoms with Crippen molar-refractivity contribution in [2.24, 2.45) is 7.05 Å². The van der Waals surface area contributed by atoms with Crippen LogP contribution >= 0.6 is 0 Å². The molecule has 3 aromatic rings. The molecule has 2 amide bonds. The van der Waals surface area contributed by atoms with E-state index in [4.69, 9.17) is 4.74 Å². The summed E-state index contributed by atoms with van der Waals surface area (Å²) in [4.78, 5) is 26.5. The van der Waals surface area contributed by atoms with Crippen LogP contribution in [0.4, 0.5) is 5.69 Å². The molecule has 2 heterocycles. The smallest absolute Gasteiger partial charge is 0.270 e. The normalized spacial score (nSPS) is 13.3. The lowest BCUT2D eigenvalue weighted by molar-refractivity contribution is -0.119. The average Bonchev–Trinajstić information content (AvgIpc) is 3.24. The van der Waals surface area contributed by atoms with Gasteiger partial charge in [-0.15, -0.1) is 0 Å². The molecule has 0 bridgehead atoms. The van der Waals surface area contributed by atoms with Crippen LogP contribution in [0, 0.1) is 11.8 Å². The number of rotatable bonds is 5. The molecule has 0 radical (unpaired) electrons. The van der Waals surface area contributed by atoms with Crippen molar-refractivity contribution in [1.29, 1.82) is 0 Å². The summed E-state index contributed by atoms with van der Waals surface area (Å²) in [5, 5.41) is 7.27. The largest absolute Gasteiger partial charge is 0.496 e. The van der Waals surface area contributed by atoms with Gasteiger partial charge in [0.05, 0.1) is 19.3 Å². The van der Waals surface area contributed by atoms with Crippen molar-refractivity contribution in [2.45, 2.75) is 19.3 Å². The molecular formula is C26H26N4O3. The Hall–Kier alpha value is -4.05. The first-order valence-corrected chi connectivity index (χ1v) is 10.9. The number of nitrogens with one attached hydrogen (secondary N) is 1. The Morgan fingerprint density at radius 2 is 1.94 bits per heavy atom. The number of methoxy groups -OCH3 is 1. The number of hydrogen-bond donors (Lipinski definition) is 1. The maximum absolute atomic E-state index is 12.6. The zero-order valence-corrected chi connectivity index (χ0v) is 18.8. The lowest BCUT2D eigenvalue weighted by Gasteiger charge is -2.26. The summed E-state index contributed by atoms with van der Waals surface area (Å²) in [5.41, 5.74) is 3.66. The Balaban J connectivity index is 1.37. The van der Waals surface area contributed by atoms with Crippen molar-refractivity contribution < 1.29 is 14.3 Å². The maximum atomic E-state index is 12.6. The fraction of sp³-hybridized carbons (Fsp3) is 0.269. The van der Waals surface area contributed by atoms with Gasteiger partial charge in [0.2, 0.25) is 5.91 Å². The second kappa shape index (κ2) is 10.0. The van der Waals surface area contributed by atoms with Crippen molar-refractivity contribution in [2.75, 3.05) is 25.1 Å². The highest BCUT2D eigenvalue weighted by atomic mass is 16.5. The predicted octanol–water partition coefficient (Wildman–Crippen LogP) is 3.39. The molecule has 0 aliphatic carbocycles. The van der Waals surface area contributed by atoms with E-state index in [2.05, 4.69) is 22.3 Å². The van der Waals surface area contributed by atoms with Gasteiger partial charge in [-0.25, -0.2) is 0 Å². The van der Waals surface area contributed by atoms with Crippen LogP contribution in [-0.2, 0) is 11.8 Å². The Morgan fingerprint density at radius 1 is 1.15 bits per heavy atom. The minimum atomic E-state index is -0.251. The van der Waals surface area contributed by atoms with E-state index in [1.54, 1.807) is 24.9 Å². The molecular weight excluding hydrogens is 416 g/mol. The van der Waals surface area contributed by atoms with Gasteiger partial charge in [0.15, 0.2) is 0 Å². The third kappa shape index (κ3) is 5.07. The van der Waals surface area contributed by atoms with Gasteiger partial charge in [0.1, 0.15) is 11.4 Å². The van der Waals surface area contributed by atoms with E-state index in [9.17, 15) is 9.59 Å². The Labute approximate surface area is 193 Å². The van der Waals surface area contributed by atoms with Crippen LogP contribution in [0.1, 0.15) is 35.3 Å². The van der Waals surface area contributed by atoms with Gasteiger partial charge in [0.25, 0.3) is 5.91 Å². The van der Waals surface area contributed by atoms with E-state index >= 15 is 0 Å². The predicted molar refractivity (Wildman–Crippen MR) is 127 cm³/mol. The molecule has 33 heavy (non-hydrogen) atoms. The number of ether oxygens (including phenoxy) is 1. The molecule has 1 saturated heterocycles. The monoisotopic (exact) mass is 442 g/mol.